The molecule has 0 aliphatic heterocycles. The van der Waals surface area contributed by atoms with E-state index in [1.54, 1.807) is 0 Å². The molecular formula is C24H52O2. The van der Waals surface area contributed by atoms with Gasteiger partial charge in [0.15, 0.2) is 0 Å². The van der Waals surface area contributed by atoms with Crippen LogP contribution in [0.5, 0.6) is 0 Å². The Bertz CT molecular complexity index is 331. The summed E-state index contributed by atoms with van der Waals surface area (Å²) >= 11 is 0. The van der Waals surface area contributed by atoms with E-state index in [9.17, 15) is 10.2 Å². The first kappa shape index (κ1) is 28.1. The lowest BCUT2D eigenvalue weighted by Gasteiger charge is -2.44. The number of aliphatic hydroxyl groups is 2. The van der Waals surface area contributed by atoms with E-state index in [1.165, 1.54) is 25.7 Å². The number of hydrogen-bond donors (Lipinski definition) is 2. The van der Waals surface area contributed by atoms with Crippen LogP contribution in [0.25, 0.3) is 0 Å². The molecule has 2 N–H and O–H groups in total. The van der Waals surface area contributed by atoms with Crippen LogP contribution >= 0.6 is 0 Å². The highest BCUT2D eigenvalue weighted by Gasteiger charge is 2.40. The summed E-state index contributed by atoms with van der Waals surface area (Å²) in [5, 5.41) is 19.7. The molecule has 2 nitrogen and oxygen atoms in total. The molecule has 2 aliphatic carbocycles. The fraction of sp³-hybridized carbons (Fsp3) is 1.00. The van der Waals surface area contributed by atoms with Gasteiger partial charge in [0.1, 0.15) is 0 Å². The van der Waals surface area contributed by atoms with Crippen LogP contribution in [-0.4, -0.2) is 21.9 Å². The van der Waals surface area contributed by atoms with Gasteiger partial charge in [-0.15, -0.1) is 0 Å². The molecule has 4 atom stereocenters. The summed E-state index contributed by atoms with van der Waals surface area (Å²) in [6.45, 7) is 23.3. The van der Waals surface area contributed by atoms with E-state index in [4.69, 9.17) is 0 Å². The topological polar surface area (TPSA) is 40.5 Å². The van der Waals surface area contributed by atoms with Crippen molar-refractivity contribution in [3.63, 3.8) is 0 Å². The van der Waals surface area contributed by atoms with Crippen LogP contribution in [-0.2, 0) is 0 Å². The van der Waals surface area contributed by atoms with Crippen LogP contribution in [0.2, 0.25) is 0 Å². The zero-order valence-corrected chi connectivity index (χ0v) is 20.0. The molecular weight excluding hydrogens is 320 g/mol. The number of hydrogen-bond acceptors (Lipinski definition) is 2. The largest absolute Gasteiger partial charge is 0.393 e. The van der Waals surface area contributed by atoms with E-state index >= 15 is 0 Å². The lowest BCUT2D eigenvalue weighted by Crippen LogP contribution is -2.42. The zero-order valence-electron chi connectivity index (χ0n) is 20.0. The molecule has 2 saturated carbocycles. The molecule has 0 bridgehead atoms. The predicted molar refractivity (Wildman–Crippen MR) is 117 cm³/mol. The first-order valence-electron chi connectivity index (χ1n) is 11.4. The van der Waals surface area contributed by atoms with Crippen LogP contribution in [0, 0.1) is 29.1 Å². The first-order chi connectivity index (χ1) is 12.0. The Labute approximate surface area is 166 Å². The van der Waals surface area contributed by atoms with Crippen LogP contribution < -0.4 is 0 Å². The van der Waals surface area contributed by atoms with Crippen molar-refractivity contribution >= 4 is 0 Å². The van der Waals surface area contributed by atoms with Crippen molar-refractivity contribution in [1.82, 2.24) is 0 Å². The third-order valence-electron chi connectivity index (χ3n) is 6.41. The maximum Gasteiger partial charge on any atom is 0.0650 e. The van der Waals surface area contributed by atoms with Crippen molar-refractivity contribution in [2.75, 3.05) is 0 Å². The van der Waals surface area contributed by atoms with Crippen LogP contribution in [0.1, 0.15) is 115 Å². The van der Waals surface area contributed by atoms with E-state index in [1.807, 2.05) is 34.6 Å². The molecule has 0 radical (unpaired) electrons. The Morgan fingerprint density at radius 1 is 0.731 bits per heavy atom. The average molecular weight is 373 g/mol. The van der Waals surface area contributed by atoms with Crippen LogP contribution in [0.4, 0.5) is 0 Å². The lowest BCUT2D eigenvalue weighted by atomic mass is 9.63. The Balaban J connectivity index is 0. The molecule has 0 aromatic heterocycles. The zero-order chi connectivity index (χ0) is 21.1. The Morgan fingerprint density at radius 3 is 1.42 bits per heavy atom. The summed E-state index contributed by atoms with van der Waals surface area (Å²) in [5.74, 6) is 2.57. The van der Waals surface area contributed by atoms with Crippen LogP contribution in [0.3, 0.4) is 0 Å². The number of rotatable bonds is 2. The van der Waals surface area contributed by atoms with Crippen molar-refractivity contribution in [1.29, 1.82) is 0 Å². The van der Waals surface area contributed by atoms with Gasteiger partial charge in [0.05, 0.1) is 11.7 Å². The third kappa shape index (κ3) is 8.30. The van der Waals surface area contributed by atoms with Crippen molar-refractivity contribution in [2.24, 2.45) is 29.1 Å². The minimum Gasteiger partial charge on any atom is -0.393 e. The summed E-state index contributed by atoms with van der Waals surface area (Å²) in [7, 11) is 0. The third-order valence-corrected chi connectivity index (χ3v) is 6.41. The fourth-order valence-electron chi connectivity index (χ4n) is 4.94. The molecule has 0 saturated heterocycles. The smallest absolute Gasteiger partial charge is 0.0650 e. The summed E-state index contributed by atoms with van der Waals surface area (Å²) < 4.78 is 0. The lowest BCUT2D eigenvalue weighted by molar-refractivity contribution is -0.0453. The Morgan fingerprint density at radius 2 is 1.15 bits per heavy atom. The molecule has 4 unspecified atom stereocenters. The second kappa shape index (κ2) is 13.2. The van der Waals surface area contributed by atoms with E-state index in [0.29, 0.717) is 23.7 Å². The summed E-state index contributed by atoms with van der Waals surface area (Å²) in [6, 6.07) is 0. The Hall–Kier alpha value is -0.0800. The maximum absolute atomic E-state index is 9.86. The second-order valence-electron chi connectivity index (χ2n) is 9.22. The molecule has 0 aromatic rings. The highest BCUT2D eigenvalue weighted by atomic mass is 16.3. The molecule has 160 valence electrons. The van der Waals surface area contributed by atoms with E-state index in [-0.39, 0.29) is 17.1 Å². The van der Waals surface area contributed by atoms with Crippen molar-refractivity contribution in [2.45, 2.75) is 126 Å². The van der Waals surface area contributed by atoms with E-state index < -0.39 is 0 Å². The minimum absolute atomic E-state index is 0.0846. The van der Waals surface area contributed by atoms with Gasteiger partial charge in [-0.1, -0.05) is 82.1 Å². The SMILES string of the molecule is CC.CC.CC(C)C1CCCC(O)C1(C)C.CC(C)C1CCCC1(C)O. The minimum atomic E-state index is -0.367. The molecule has 2 heteroatoms. The fourth-order valence-corrected chi connectivity index (χ4v) is 4.94. The van der Waals surface area contributed by atoms with Gasteiger partial charge in [0.25, 0.3) is 0 Å². The summed E-state index contributed by atoms with van der Waals surface area (Å²) in [4.78, 5) is 0. The van der Waals surface area contributed by atoms with Gasteiger partial charge in [0, 0.05) is 0 Å². The predicted octanol–water partition coefficient (Wildman–Crippen LogP) is 7.08. The van der Waals surface area contributed by atoms with E-state index in [0.717, 1.165) is 12.8 Å². The molecule has 2 fully saturated rings. The summed E-state index contributed by atoms with van der Waals surface area (Å²) in [5.41, 5.74) is -0.236. The number of aliphatic hydroxyl groups excluding tert-OH is 1. The van der Waals surface area contributed by atoms with Crippen LogP contribution in [0.15, 0.2) is 0 Å². The first-order valence-corrected chi connectivity index (χ1v) is 11.4. The monoisotopic (exact) mass is 372 g/mol. The maximum atomic E-state index is 9.86. The van der Waals surface area contributed by atoms with Gasteiger partial charge in [-0.05, 0) is 61.7 Å². The van der Waals surface area contributed by atoms with Gasteiger partial charge >= 0.3 is 0 Å². The normalized spacial score (nSPS) is 32.7. The highest BCUT2D eigenvalue weighted by Crippen LogP contribution is 2.44. The Kier molecular flexibility index (Phi) is 14.2. The quantitative estimate of drug-likeness (QED) is 0.544. The highest BCUT2D eigenvalue weighted by molar-refractivity contribution is 4.90. The van der Waals surface area contributed by atoms with E-state index in [2.05, 4.69) is 41.5 Å². The van der Waals surface area contributed by atoms with Gasteiger partial charge in [0.2, 0.25) is 0 Å². The van der Waals surface area contributed by atoms with Crippen molar-refractivity contribution in [3.8, 4) is 0 Å². The molecule has 2 aliphatic rings. The van der Waals surface area contributed by atoms with Gasteiger partial charge in [-0.2, -0.15) is 0 Å². The standard InChI is InChI=1S/C11H22O.C9H18O.2C2H6/c1-8(2)9-6-5-7-10(12)11(9,3)4;1-7(2)8-5-4-6-9(8,3)10;2*1-2/h8-10,12H,5-7H2,1-4H3;7-8,10H,4-6H2,1-3H3;2*1-2H3. The molecule has 0 amide bonds. The molecule has 0 spiro atoms. The van der Waals surface area contributed by atoms with Gasteiger partial charge in [-0.3, -0.25) is 0 Å². The van der Waals surface area contributed by atoms with Gasteiger partial charge < -0.3 is 10.2 Å². The summed E-state index contributed by atoms with van der Waals surface area (Å²) in [6.07, 6.45) is 6.82. The molecule has 2 rings (SSSR count). The van der Waals surface area contributed by atoms with Crippen molar-refractivity contribution in [3.05, 3.63) is 0 Å². The van der Waals surface area contributed by atoms with Gasteiger partial charge in [-0.25, -0.2) is 0 Å². The second-order valence-corrected chi connectivity index (χ2v) is 9.22. The molecule has 0 aromatic carbocycles. The average Bonchev–Trinajstić information content (AvgIpc) is 2.93. The molecule has 26 heavy (non-hydrogen) atoms. The molecule has 0 heterocycles. The van der Waals surface area contributed by atoms with Crippen molar-refractivity contribution < 1.29 is 10.2 Å².